The molecule has 9 heteroatoms. The van der Waals surface area contributed by atoms with Gasteiger partial charge in [-0.1, -0.05) is 26.0 Å². The number of carbonyl (C=O) groups is 3. The molecule has 0 bridgehead atoms. The maximum absolute atomic E-state index is 13.5. The summed E-state index contributed by atoms with van der Waals surface area (Å²) >= 11 is 1.77. The Kier molecular flexibility index (Phi) is 14.4. The smallest absolute Gasteiger partial charge is 0.245 e. The van der Waals surface area contributed by atoms with Crippen LogP contribution in [-0.2, 0) is 24.0 Å². The van der Waals surface area contributed by atoms with Crippen LogP contribution in [0, 0.1) is 11.8 Å². The molecule has 0 aromatic heterocycles. The van der Waals surface area contributed by atoms with Crippen molar-refractivity contribution in [2.24, 2.45) is 11.8 Å². The Morgan fingerprint density at radius 1 is 1.20 bits per heavy atom. The second-order valence-corrected chi connectivity index (χ2v) is 10.8. The average Bonchev–Trinajstić information content (AvgIpc) is 2.85. The number of hydrogen-bond donors (Lipinski definition) is 2. The van der Waals surface area contributed by atoms with Crippen molar-refractivity contribution >= 4 is 29.5 Å². The molecule has 1 unspecified atom stereocenters. The lowest BCUT2D eigenvalue weighted by molar-refractivity contribution is -0.200. The molecule has 2 aliphatic rings. The van der Waals surface area contributed by atoms with Gasteiger partial charge in [-0.05, 0) is 69.3 Å². The van der Waals surface area contributed by atoms with Crippen LogP contribution >= 0.6 is 11.8 Å². The second-order valence-electron chi connectivity index (χ2n) is 9.79. The first kappa shape index (κ1) is 29.6. The molecule has 0 aliphatic carbocycles. The molecule has 35 heavy (non-hydrogen) atoms. The molecule has 0 saturated carbocycles. The molecule has 3 amide bonds. The van der Waals surface area contributed by atoms with E-state index < -0.39 is 18.2 Å². The number of nitrogens with zero attached hydrogens (tertiary/aromatic N) is 1. The highest BCUT2D eigenvalue weighted by atomic mass is 32.2. The fourth-order valence-corrected chi connectivity index (χ4v) is 4.78. The molecular formula is C26H45N3O5S. The highest BCUT2D eigenvalue weighted by Gasteiger charge is 2.31. The average molecular weight is 512 g/mol. The van der Waals surface area contributed by atoms with E-state index in [0.717, 1.165) is 57.1 Å². The van der Waals surface area contributed by atoms with Gasteiger partial charge in [-0.3, -0.25) is 14.4 Å². The number of carbonyl (C=O) groups excluding carboxylic acids is 3. The van der Waals surface area contributed by atoms with E-state index in [1.54, 1.807) is 11.8 Å². The van der Waals surface area contributed by atoms with E-state index >= 15 is 0 Å². The first-order valence-electron chi connectivity index (χ1n) is 13.2. The molecule has 0 aromatic carbocycles. The molecule has 3 atom stereocenters. The number of rotatable bonds is 9. The zero-order valence-corrected chi connectivity index (χ0v) is 22.6. The van der Waals surface area contributed by atoms with Gasteiger partial charge >= 0.3 is 0 Å². The van der Waals surface area contributed by atoms with E-state index in [9.17, 15) is 14.4 Å². The van der Waals surface area contributed by atoms with Crippen molar-refractivity contribution in [2.45, 2.75) is 90.4 Å². The molecule has 0 aromatic rings. The van der Waals surface area contributed by atoms with Crippen molar-refractivity contribution < 1.29 is 24.0 Å². The number of hydroxylamine groups is 1. The van der Waals surface area contributed by atoms with Gasteiger partial charge in [0.1, 0.15) is 6.04 Å². The third-order valence-electron chi connectivity index (χ3n) is 6.45. The Morgan fingerprint density at radius 2 is 1.97 bits per heavy atom. The first-order valence-corrected chi connectivity index (χ1v) is 14.6. The van der Waals surface area contributed by atoms with Gasteiger partial charge in [0.25, 0.3) is 0 Å². The second kappa shape index (κ2) is 17.0. The third kappa shape index (κ3) is 11.3. The minimum atomic E-state index is -0.604. The molecule has 200 valence electrons. The fraction of sp³-hybridized carbons (Fsp3) is 0.808. The molecule has 1 saturated heterocycles. The van der Waals surface area contributed by atoms with Crippen molar-refractivity contribution in [2.75, 3.05) is 31.7 Å². The molecule has 2 aliphatic heterocycles. The topological polar surface area (TPSA) is 97.0 Å². The van der Waals surface area contributed by atoms with Crippen molar-refractivity contribution in [1.82, 2.24) is 15.7 Å². The number of nitrogens with one attached hydrogen (secondary N) is 2. The van der Waals surface area contributed by atoms with Crippen LogP contribution in [0.5, 0.6) is 0 Å². The normalized spacial score (nSPS) is 25.3. The van der Waals surface area contributed by atoms with Crippen LogP contribution in [0.3, 0.4) is 0 Å². The summed E-state index contributed by atoms with van der Waals surface area (Å²) in [6.07, 6.45) is 13.7. The third-order valence-corrected chi connectivity index (χ3v) is 7.15. The number of thioether (sulfide) groups is 1. The Labute approximate surface area is 215 Å². The SMILES string of the molecule is CSCCCN1CCCC=CCCC[C@H](CC(=O)NOC2CCCCO2)C(=O)N[C@@H](C(C)C)C1=O. The zero-order chi connectivity index (χ0) is 25.5. The monoisotopic (exact) mass is 511 g/mol. The van der Waals surface area contributed by atoms with Gasteiger partial charge in [-0.2, -0.15) is 11.8 Å². The maximum atomic E-state index is 13.5. The molecular weight excluding hydrogens is 466 g/mol. The van der Waals surface area contributed by atoms with Crippen molar-refractivity contribution in [3.8, 4) is 0 Å². The summed E-state index contributed by atoms with van der Waals surface area (Å²) in [5.74, 6) is -0.206. The Hall–Kier alpha value is -1.58. The highest BCUT2D eigenvalue weighted by Crippen LogP contribution is 2.18. The van der Waals surface area contributed by atoms with Gasteiger partial charge in [0.15, 0.2) is 6.29 Å². The van der Waals surface area contributed by atoms with Gasteiger partial charge in [0.05, 0.1) is 0 Å². The van der Waals surface area contributed by atoms with Gasteiger partial charge in [-0.15, -0.1) is 0 Å². The molecule has 2 heterocycles. The van der Waals surface area contributed by atoms with Crippen molar-refractivity contribution in [3.63, 3.8) is 0 Å². The summed E-state index contributed by atoms with van der Waals surface area (Å²) in [5, 5.41) is 3.00. The van der Waals surface area contributed by atoms with E-state index in [1.165, 1.54) is 0 Å². The molecule has 0 radical (unpaired) electrons. The molecule has 0 spiro atoms. The number of amides is 3. The van der Waals surface area contributed by atoms with Crippen LogP contribution in [0.4, 0.5) is 0 Å². The minimum absolute atomic E-state index is 0.0126. The lowest BCUT2D eigenvalue weighted by Gasteiger charge is -2.31. The van der Waals surface area contributed by atoms with Crippen molar-refractivity contribution in [3.05, 3.63) is 12.2 Å². The summed E-state index contributed by atoms with van der Waals surface area (Å²) < 4.78 is 5.48. The Balaban J connectivity index is 2.07. The first-order chi connectivity index (χ1) is 16.9. The van der Waals surface area contributed by atoms with E-state index in [1.807, 2.05) is 18.7 Å². The van der Waals surface area contributed by atoms with Crippen LogP contribution in [0.1, 0.15) is 78.1 Å². The van der Waals surface area contributed by atoms with Crippen LogP contribution < -0.4 is 10.8 Å². The molecule has 1 fully saturated rings. The summed E-state index contributed by atoms with van der Waals surface area (Å²) in [7, 11) is 0. The molecule has 2 N–H and O–H groups in total. The number of hydrogen-bond acceptors (Lipinski definition) is 6. The fourth-order valence-electron chi connectivity index (χ4n) is 4.36. The molecule has 2 rings (SSSR count). The summed E-state index contributed by atoms with van der Waals surface area (Å²) in [6.45, 7) is 5.90. The van der Waals surface area contributed by atoms with Crippen LogP contribution in [-0.4, -0.2) is 66.7 Å². The Bertz CT molecular complexity index is 682. The maximum Gasteiger partial charge on any atom is 0.245 e. The number of allylic oxidation sites excluding steroid dienone is 2. The van der Waals surface area contributed by atoms with Gasteiger partial charge in [0.2, 0.25) is 17.7 Å². The predicted molar refractivity (Wildman–Crippen MR) is 139 cm³/mol. The predicted octanol–water partition coefficient (Wildman–Crippen LogP) is 3.81. The Morgan fingerprint density at radius 3 is 2.66 bits per heavy atom. The van der Waals surface area contributed by atoms with Gasteiger partial charge in [0, 0.05) is 38.5 Å². The van der Waals surface area contributed by atoms with E-state index in [4.69, 9.17) is 9.57 Å². The van der Waals surface area contributed by atoms with Gasteiger partial charge in [-0.25, -0.2) is 10.3 Å². The largest absolute Gasteiger partial charge is 0.350 e. The van der Waals surface area contributed by atoms with Crippen molar-refractivity contribution in [1.29, 1.82) is 0 Å². The van der Waals surface area contributed by atoms with E-state index in [2.05, 4.69) is 29.2 Å². The lowest BCUT2D eigenvalue weighted by Crippen LogP contribution is -2.53. The van der Waals surface area contributed by atoms with Crippen LogP contribution in [0.25, 0.3) is 0 Å². The number of ether oxygens (including phenoxy) is 1. The minimum Gasteiger partial charge on any atom is -0.350 e. The summed E-state index contributed by atoms with van der Waals surface area (Å²) in [4.78, 5) is 46.7. The quantitative estimate of drug-likeness (QED) is 0.278. The highest BCUT2D eigenvalue weighted by molar-refractivity contribution is 7.98. The standard InChI is InChI=1S/C26H45N3O5S/c1-20(2)24-26(32)29(16-12-18-35-3)15-10-7-5-4-6-8-13-21(25(31)27-24)19-22(30)28-34-23-14-9-11-17-33-23/h4-5,20-21,23-24H,6-19H2,1-3H3,(H,27,31)(H,28,30)/t21-,23?,24+/m1/s1. The summed E-state index contributed by atoms with van der Waals surface area (Å²) in [5.41, 5.74) is 2.47. The zero-order valence-electron chi connectivity index (χ0n) is 21.8. The lowest BCUT2D eigenvalue weighted by atomic mass is 9.94. The van der Waals surface area contributed by atoms with Crippen LogP contribution in [0.2, 0.25) is 0 Å². The van der Waals surface area contributed by atoms with Gasteiger partial charge < -0.3 is 15.0 Å². The summed E-state index contributed by atoms with van der Waals surface area (Å²) in [6, 6.07) is -0.604. The van der Waals surface area contributed by atoms with Crippen LogP contribution in [0.15, 0.2) is 12.2 Å². The van der Waals surface area contributed by atoms with E-state index in [-0.39, 0.29) is 30.1 Å². The molecule has 8 nitrogen and oxygen atoms in total. The van der Waals surface area contributed by atoms with E-state index in [0.29, 0.717) is 26.1 Å².